The summed E-state index contributed by atoms with van der Waals surface area (Å²) >= 11 is 0. The van der Waals surface area contributed by atoms with E-state index in [1.807, 2.05) is 0 Å². The van der Waals surface area contributed by atoms with Crippen LogP contribution in [0.5, 0.6) is 0 Å². The monoisotopic (exact) mass is 301 g/mol. The number of hydrogen-bond donors (Lipinski definition) is 0. The summed E-state index contributed by atoms with van der Waals surface area (Å²) in [6.45, 7) is 0. The van der Waals surface area contributed by atoms with Gasteiger partial charge in [-0.2, -0.15) is 0 Å². The van der Waals surface area contributed by atoms with Crippen molar-refractivity contribution in [2.24, 2.45) is 0 Å². The summed E-state index contributed by atoms with van der Waals surface area (Å²) in [4.78, 5) is 0. The molecule has 0 fully saturated rings. The Morgan fingerprint density at radius 1 is 1.00 bits per heavy atom. The van der Waals surface area contributed by atoms with Crippen molar-refractivity contribution in [3.8, 4) is 0 Å². The molecule has 4 heavy (non-hydrogen) atoms. The minimum atomic E-state index is 0. The Bertz CT molecular complexity index is 8.00. The topological polar surface area (TPSA) is 28.5 Å². The van der Waals surface area contributed by atoms with Gasteiger partial charge in [-0.05, 0) is 0 Å². The Morgan fingerprint density at radius 3 is 1.00 bits per heavy atom. The van der Waals surface area contributed by atoms with Crippen LogP contribution < -0.4 is 0 Å². The van der Waals surface area contributed by atoms with Gasteiger partial charge in [-0.15, -0.1) is 0 Å². The molecule has 0 N–H and O–H groups in total. The van der Waals surface area contributed by atoms with Gasteiger partial charge >= 0.3 is 86.9 Å². The Morgan fingerprint density at radius 2 is 1.00 bits per heavy atom. The molecule has 0 unspecified atom stereocenters. The summed E-state index contributed by atoms with van der Waals surface area (Å²) in [6, 6.07) is 0. The minimum absolute atomic E-state index is 0. The van der Waals surface area contributed by atoms with Crippen LogP contribution in [0.3, 0.4) is 0 Å². The second-order valence-corrected chi connectivity index (χ2v) is 0. The molecule has 18 valence electrons. The summed E-state index contributed by atoms with van der Waals surface area (Å²) in [5.74, 6) is 0. The molecule has 0 aliphatic carbocycles. The fourth-order valence-electron chi connectivity index (χ4n) is 0. The Hall–Kier alpha value is 2.83. The number of hydrogen-bond acceptors (Lipinski definition) is 0. The van der Waals surface area contributed by atoms with Gasteiger partial charge in [-0.1, -0.05) is 0 Å². The molecule has 0 saturated carbocycles. The first kappa shape index (κ1) is 29.0. The van der Waals surface area contributed by atoms with Gasteiger partial charge in [0, 0.05) is 0 Å². The van der Waals surface area contributed by atoms with Gasteiger partial charge < -0.3 is 5.48 Å². The van der Waals surface area contributed by atoms with Crippen molar-refractivity contribution < 1.29 is 75.1 Å². The second kappa shape index (κ2) is 17.0. The van der Waals surface area contributed by atoms with Gasteiger partial charge in [0.2, 0.25) is 0 Å². The third-order valence-electron chi connectivity index (χ3n) is 0. The molecule has 0 saturated heterocycles. The summed E-state index contributed by atoms with van der Waals surface area (Å²) in [7, 11) is 0. The predicted molar refractivity (Wildman–Crippen MR) is 6.44 cm³/mol. The van der Waals surface area contributed by atoms with E-state index in [9.17, 15) is 0 Å². The van der Waals surface area contributed by atoms with E-state index >= 15 is 0 Å². The zero-order valence-corrected chi connectivity index (χ0v) is 7.61. The SMILES string of the molecule is [Al+3].[O-2].[Tm+3].[Y+3]. The van der Waals surface area contributed by atoms with Crippen LogP contribution in [0.2, 0.25) is 0 Å². The molecular formula is AlOTmY+7. The van der Waals surface area contributed by atoms with Crippen LogP contribution in [0.25, 0.3) is 0 Å². The third-order valence-corrected chi connectivity index (χ3v) is 0. The maximum Gasteiger partial charge on any atom is 3.00 e. The van der Waals surface area contributed by atoms with E-state index in [1.54, 1.807) is 0 Å². The Labute approximate surface area is 90.4 Å². The normalized spacial score (nSPS) is 0. The fraction of sp³-hybridized carbons (Fsp3) is 0. The molecule has 0 aliphatic heterocycles. The molecule has 0 aliphatic rings. The van der Waals surface area contributed by atoms with Crippen molar-refractivity contribution in [2.45, 2.75) is 0 Å². The largest absolute Gasteiger partial charge is 3.00 e. The summed E-state index contributed by atoms with van der Waals surface area (Å²) in [5, 5.41) is 0. The van der Waals surface area contributed by atoms with Crippen molar-refractivity contribution in [1.82, 2.24) is 0 Å². The molecule has 0 aromatic heterocycles. The first-order chi connectivity index (χ1) is 0. The van der Waals surface area contributed by atoms with Crippen LogP contribution in [0, 0.1) is 36.9 Å². The van der Waals surface area contributed by atoms with Gasteiger partial charge in [-0.3, -0.25) is 0 Å². The number of rotatable bonds is 0. The Balaban J connectivity index is 0. The average molecular weight is 301 g/mol. The van der Waals surface area contributed by atoms with E-state index in [0.717, 1.165) is 0 Å². The maximum atomic E-state index is 0. The molecule has 0 radical (unpaired) electrons. The minimum Gasteiger partial charge on any atom is -2.00 e. The van der Waals surface area contributed by atoms with E-state index in [0.29, 0.717) is 0 Å². The second-order valence-electron chi connectivity index (χ2n) is 0. The van der Waals surface area contributed by atoms with E-state index in [-0.39, 0.29) is 92.4 Å². The van der Waals surface area contributed by atoms with Crippen LogP contribution in [-0.4, -0.2) is 17.4 Å². The van der Waals surface area contributed by atoms with Crippen LogP contribution in [0.1, 0.15) is 0 Å². The summed E-state index contributed by atoms with van der Waals surface area (Å²) in [6.07, 6.45) is 0. The molecule has 0 aromatic carbocycles. The first-order valence-electron chi connectivity index (χ1n) is 0. The van der Waals surface area contributed by atoms with Gasteiger partial charge in [0.05, 0.1) is 0 Å². The molecule has 4 heteroatoms. The van der Waals surface area contributed by atoms with E-state index in [2.05, 4.69) is 0 Å². The summed E-state index contributed by atoms with van der Waals surface area (Å²) < 4.78 is 0. The third kappa shape index (κ3) is 8.85. The van der Waals surface area contributed by atoms with Crippen LogP contribution >= 0.6 is 0 Å². The first-order valence-corrected chi connectivity index (χ1v) is 0. The molecule has 0 rings (SSSR count). The van der Waals surface area contributed by atoms with Crippen molar-refractivity contribution in [1.29, 1.82) is 0 Å². The quantitative estimate of drug-likeness (QED) is 0.540. The van der Waals surface area contributed by atoms with E-state index in [4.69, 9.17) is 0 Å². The molecule has 0 spiro atoms. The molecule has 0 aromatic rings. The van der Waals surface area contributed by atoms with Crippen LogP contribution in [0.15, 0.2) is 0 Å². The molecule has 0 atom stereocenters. The Kier molecular flexibility index (Phi) is 123. The van der Waals surface area contributed by atoms with Crippen molar-refractivity contribution >= 4 is 17.4 Å². The van der Waals surface area contributed by atoms with Crippen LogP contribution in [0.4, 0.5) is 0 Å². The van der Waals surface area contributed by atoms with E-state index in [1.165, 1.54) is 0 Å². The standard InChI is InChI=1S/Al.O.Tm.Y/q+3;-2;2*+3. The van der Waals surface area contributed by atoms with Crippen LogP contribution in [-0.2, 0) is 38.2 Å². The zero-order chi connectivity index (χ0) is 0. The zero-order valence-electron chi connectivity index (χ0n) is 1.84. The smallest absolute Gasteiger partial charge is 2.00 e. The van der Waals surface area contributed by atoms with Gasteiger partial charge in [-0.25, -0.2) is 0 Å². The van der Waals surface area contributed by atoms with Crippen molar-refractivity contribution in [2.75, 3.05) is 0 Å². The molecular weight excluding hydrogens is 301 g/mol. The maximum absolute atomic E-state index is 0. The van der Waals surface area contributed by atoms with Gasteiger partial charge in [0.15, 0.2) is 0 Å². The van der Waals surface area contributed by atoms with Gasteiger partial charge in [0.25, 0.3) is 0 Å². The molecule has 0 heterocycles. The fourth-order valence-corrected chi connectivity index (χ4v) is 0. The predicted octanol–water partition coefficient (Wildman–Crippen LogP) is -0.502. The molecule has 0 bridgehead atoms. The van der Waals surface area contributed by atoms with Crippen molar-refractivity contribution in [3.63, 3.8) is 0 Å². The molecule has 1 nitrogen and oxygen atoms in total. The molecule has 0 amide bonds. The summed E-state index contributed by atoms with van der Waals surface area (Å²) in [5.41, 5.74) is 0. The average Bonchev–Trinajstić information content (AvgIpc) is 0. The van der Waals surface area contributed by atoms with Gasteiger partial charge in [0.1, 0.15) is 0 Å². The van der Waals surface area contributed by atoms with E-state index < -0.39 is 0 Å². The van der Waals surface area contributed by atoms with Crippen molar-refractivity contribution in [3.05, 3.63) is 0 Å².